The molecule has 5 nitrogen and oxygen atoms in total. The summed E-state index contributed by atoms with van der Waals surface area (Å²) in [6, 6.07) is 7.17. The molecule has 0 atom stereocenters. The van der Waals surface area contributed by atoms with Gasteiger partial charge in [-0.25, -0.2) is 9.24 Å². The van der Waals surface area contributed by atoms with Crippen molar-refractivity contribution in [2.24, 2.45) is 0 Å². The fraction of sp³-hybridized carbons (Fsp3) is 0. The quantitative estimate of drug-likeness (QED) is 0.667. The van der Waals surface area contributed by atoms with Crippen LogP contribution in [0.3, 0.4) is 0 Å². The van der Waals surface area contributed by atoms with Crippen molar-refractivity contribution in [2.45, 2.75) is 0 Å². The normalized spacial score (nSPS) is 10.3. The van der Waals surface area contributed by atoms with Crippen LogP contribution < -0.4 is 0 Å². The summed E-state index contributed by atoms with van der Waals surface area (Å²) in [6.07, 6.45) is 1.41. The first-order valence-corrected chi connectivity index (χ1v) is 6.17. The molecule has 0 radical (unpaired) electrons. The largest absolute Gasteiger partial charge is 0.334 e. The molecule has 3 rings (SSSR count). The van der Waals surface area contributed by atoms with Gasteiger partial charge < -0.3 is 4.52 Å². The van der Waals surface area contributed by atoms with Crippen LogP contribution in [0, 0.1) is 12.4 Å². The van der Waals surface area contributed by atoms with E-state index in [4.69, 9.17) is 22.7 Å². The number of rotatable bonds is 2. The van der Waals surface area contributed by atoms with Gasteiger partial charge in [0, 0.05) is 16.8 Å². The van der Waals surface area contributed by atoms with Crippen molar-refractivity contribution in [3.05, 3.63) is 58.8 Å². The van der Waals surface area contributed by atoms with E-state index in [-0.39, 0.29) is 16.7 Å². The second kappa shape index (κ2) is 5.31. The highest BCUT2D eigenvalue weighted by Crippen LogP contribution is 2.25. The van der Waals surface area contributed by atoms with Gasteiger partial charge in [-0.15, -0.1) is 0 Å². The molecule has 0 fully saturated rings. The fourth-order valence-corrected chi connectivity index (χ4v) is 1.93. The van der Waals surface area contributed by atoms with Crippen LogP contribution >= 0.6 is 11.6 Å². The van der Waals surface area contributed by atoms with Gasteiger partial charge in [0.25, 0.3) is 5.89 Å². The Bertz CT molecular complexity index is 819. The number of hydrogen-bond donors (Lipinski definition) is 0. The molecule has 0 saturated heterocycles. The number of hydrogen-bond acceptors (Lipinski definition) is 4. The van der Waals surface area contributed by atoms with Crippen LogP contribution in [0.4, 0.5) is 10.1 Å². The third-order valence-corrected chi connectivity index (χ3v) is 2.86. The Hall–Kier alpha value is -2.78. The highest BCUT2D eigenvalue weighted by molar-refractivity contribution is 6.30. The van der Waals surface area contributed by atoms with E-state index >= 15 is 0 Å². The first-order chi connectivity index (χ1) is 10.2. The molecule has 1 aromatic carbocycles. The average molecular weight is 301 g/mol. The molecule has 21 heavy (non-hydrogen) atoms. The number of aromatic nitrogens is 3. The third kappa shape index (κ3) is 2.73. The van der Waals surface area contributed by atoms with Gasteiger partial charge in [0.1, 0.15) is 11.5 Å². The van der Waals surface area contributed by atoms with Crippen molar-refractivity contribution >= 4 is 17.3 Å². The molecule has 7 heteroatoms. The van der Waals surface area contributed by atoms with Crippen LogP contribution in [-0.4, -0.2) is 15.1 Å². The Balaban J connectivity index is 1.97. The second-order valence-electron chi connectivity index (χ2n) is 4.09. The summed E-state index contributed by atoms with van der Waals surface area (Å²) in [5.74, 6) is -0.0962. The van der Waals surface area contributed by atoms with E-state index in [2.05, 4.69) is 20.0 Å². The maximum absolute atomic E-state index is 13.3. The molecule has 0 saturated carbocycles. The molecule has 0 spiro atoms. The van der Waals surface area contributed by atoms with Crippen LogP contribution in [-0.2, 0) is 0 Å². The van der Waals surface area contributed by atoms with E-state index < -0.39 is 5.82 Å². The zero-order valence-electron chi connectivity index (χ0n) is 10.4. The molecule has 0 unspecified atom stereocenters. The number of pyridine rings is 1. The standard InChI is InChI=1S/C14H6ClFN4O/c1-17-11-2-3-12(18-7-11)13-19-14(21-20-13)8-4-9(15)6-10(16)5-8/h2-7H. The lowest BCUT2D eigenvalue weighted by Crippen LogP contribution is -1.85. The van der Waals surface area contributed by atoms with Crippen molar-refractivity contribution < 1.29 is 8.91 Å². The van der Waals surface area contributed by atoms with Crippen LogP contribution in [0.5, 0.6) is 0 Å². The second-order valence-corrected chi connectivity index (χ2v) is 4.53. The summed E-state index contributed by atoms with van der Waals surface area (Å²) in [5.41, 5.74) is 1.26. The predicted octanol–water partition coefficient (Wildman–Crippen LogP) is 4.14. The summed E-state index contributed by atoms with van der Waals surface area (Å²) in [5, 5.41) is 4.03. The minimum absolute atomic E-state index is 0.141. The zero-order chi connectivity index (χ0) is 14.8. The Morgan fingerprint density at radius 1 is 1.24 bits per heavy atom. The van der Waals surface area contributed by atoms with E-state index in [0.29, 0.717) is 16.9 Å². The monoisotopic (exact) mass is 300 g/mol. The third-order valence-electron chi connectivity index (χ3n) is 2.64. The van der Waals surface area contributed by atoms with Gasteiger partial charge in [0.05, 0.1) is 6.57 Å². The summed E-state index contributed by atoms with van der Waals surface area (Å²) in [4.78, 5) is 11.5. The molecule has 0 N–H and O–H groups in total. The van der Waals surface area contributed by atoms with Crippen LogP contribution in [0.2, 0.25) is 5.02 Å². The predicted molar refractivity (Wildman–Crippen MR) is 74.2 cm³/mol. The van der Waals surface area contributed by atoms with E-state index in [1.165, 1.54) is 24.4 Å². The molecule has 102 valence electrons. The minimum atomic E-state index is -0.489. The molecule has 0 aliphatic carbocycles. The van der Waals surface area contributed by atoms with Gasteiger partial charge in [-0.05, 0) is 24.3 Å². The number of benzene rings is 1. The lowest BCUT2D eigenvalue weighted by molar-refractivity contribution is 0.432. The molecular weight excluding hydrogens is 295 g/mol. The Morgan fingerprint density at radius 3 is 2.76 bits per heavy atom. The molecule has 2 aromatic heterocycles. The van der Waals surface area contributed by atoms with E-state index in [9.17, 15) is 4.39 Å². The molecule has 0 aliphatic rings. The average Bonchev–Trinajstić information content (AvgIpc) is 2.96. The van der Waals surface area contributed by atoms with Crippen molar-refractivity contribution in [3.8, 4) is 23.0 Å². The molecule has 0 bridgehead atoms. The van der Waals surface area contributed by atoms with Crippen LogP contribution in [0.15, 0.2) is 41.1 Å². The lowest BCUT2D eigenvalue weighted by atomic mass is 10.2. The number of nitrogens with zero attached hydrogens (tertiary/aromatic N) is 4. The smallest absolute Gasteiger partial charge is 0.258 e. The van der Waals surface area contributed by atoms with Crippen molar-refractivity contribution in [1.29, 1.82) is 0 Å². The van der Waals surface area contributed by atoms with E-state index in [0.717, 1.165) is 0 Å². The highest BCUT2D eigenvalue weighted by atomic mass is 35.5. The number of halogens is 2. The Labute approximate surface area is 123 Å². The summed E-state index contributed by atoms with van der Waals surface area (Å²) < 4.78 is 18.4. The topological polar surface area (TPSA) is 56.2 Å². The maximum Gasteiger partial charge on any atom is 0.258 e. The van der Waals surface area contributed by atoms with Crippen LogP contribution in [0.25, 0.3) is 27.8 Å². The molecule has 3 aromatic rings. The fourth-order valence-electron chi connectivity index (χ4n) is 1.71. The van der Waals surface area contributed by atoms with Gasteiger partial charge in [-0.3, -0.25) is 4.98 Å². The molecule has 0 aliphatic heterocycles. The van der Waals surface area contributed by atoms with Gasteiger partial charge >= 0.3 is 0 Å². The summed E-state index contributed by atoms with van der Waals surface area (Å²) >= 11 is 5.79. The molecule has 2 heterocycles. The molecular formula is C14H6ClFN4O. The van der Waals surface area contributed by atoms with E-state index in [1.807, 2.05) is 0 Å². The van der Waals surface area contributed by atoms with Crippen molar-refractivity contribution in [1.82, 2.24) is 15.1 Å². The maximum atomic E-state index is 13.3. The summed E-state index contributed by atoms with van der Waals surface area (Å²) in [6.45, 7) is 6.86. The van der Waals surface area contributed by atoms with E-state index in [1.54, 1.807) is 12.1 Å². The van der Waals surface area contributed by atoms with Gasteiger partial charge in [0.15, 0.2) is 0 Å². The van der Waals surface area contributed by atoms with Crippen molar-refractivity contribution in [3.63, 3.8) is 0 Å². The van der Waals surface area contributed by atoms with Crippen molar-refractivity contribution in [2.75, 3.05) is 0 Å². The van der Waals surface area contributed by atoms with Gasteiger partial charge in [-0.1, -0.05) is 22.8 Å². The Morgan fingerprint density at radius 2 is 2.10 bits per heavy atom. The minimum Gasteiger partial charge on any atom is -0.334 e. The van der Waals surface area contributed by atoms with Gasteiger partial charge in [-0.2, -0.15) is 4.98 Å². The first kappa shape index (κ1) is 13.2. The first-order valence-electron chi connectivity index (χ1n) is 5.80. The zero-order valence-corrected chi connectivity index (χ0v) is 11.2. The molecule has 0 amide bonds. The van der Waals surface area contributed by atoms with Gasteiger partial charge in [0.2, 0.25) is 11.5 Å². The summed E-state index contributed by atoms with van der Waals surface area (Å²) in [7, 11) is 0. The SMILES string of the molecule is [C-]#[N+]c1ccc(-c2noc(-c3cc(F)cc(Cl)c3)n2)nc1. The lowest BCUT2D eigenvalue weighted by Gasteiger charge is -1.96. The highest BCUT2D eigenvalue weighted by Gasteiger charge is 2.13. The van der Waals surface area contributed by atoms with Crippen LogP contribution in [0.1, 0.15) is 0 Å². The Kier molecular flexibility index (Phi) is 3.34.